The first-order chi connectivity index (χ1) is 16.6. The molecule has 202 valence electrons. The maximum Gasteiger partial charge on any atom is 0.333 e. The summed E-state index contributed by atoms with van der Waals surface area (Å²) in [5, 5.41) is 2.70. The molecule has 6 nitrogen and oxygen atoms in total. The van der Waals surface area contributed by atoms with Gasteiger partial charge in [0.15, 0.2) is 0 Å². The van der Waals surface area contributed by atoms with Crippen molar-refractivity contribution in [3.63, 3.8) is 0 Å². The zero-order valence-electron chi connectivity index (χ0n) is 24.0. The molecule has 1 aromatic carbocycles. The summed E-state index contributed by atoms with van der Waals surface area (Å²) < 4.78 is 5.12. The lowest BCUT2D eigenvalue weighted by molar-refractivity contribution is -0.140. The highest BCUT2D eigenvalue weighted by Crippen LogP contribution is 2.34. The fraction of sp³-hybridized carbons (Fsp3) is 0.621. The van der Waals surface area contributed by atoms with E-state index in [1.54, 1.807) is 31.9 Å². The Balaban J connectivity index is 3.28. The van der Waals surface area contributed by atoms with Crippen LogP contribution in [0.25, 0.3) is 0 Å². The average molecular weight is 519 g/mol. The maximum atomic E-state index is 13.8. The van der Waals surface area contributed by atoms with Crippen molar-refractivity contribution in [3.8, 4) is 0 Å². The number of nitrogens with one attached hydrogen (secondary N) is 1. The molecule has 0 aliphatic carbocycles. The smallest absolute Gasteiger partial charge is 0.333 e. The monoisotopic (exact) mass is 518 g/mol. The van der Waals surface area contributed by atoms with Gasteiger partial charge in [-0.05, 0) is 37.0 Å². The zero-order valence-corrected chi connectivity index (χ0v) is 24.8. The van der Waals surface area contributed by atoms with Crippen LogP contribution < -0.4 is 5.32 Å². The second kappa shape index (κ2) is 13.3. The number of hydrogen-bond acceptors (Lipinski definition) is 5. The minimum absolute atomic E-state index is 0.0515. The molecule has 2 amide bonds. The summed E-state index contributed by atoms with van der Waals surface area (Å²) in [5.41, 5.74) is 0.554. The third-order valence-electron chi connectivity index (χ3n) is 6.54. The summed E-state index contributed by atoms with van der Waals surface area (Å²) in [4.78, 5) is 41.3. The second-order valence-corrected chi connectivity index (χ2v) is 12.2. The molecule has 0 saturated heterocycles. The van der Waals surface area contributed by atoms with Crippen molar-refractivity contribution in [2.45, 2.75) is 85.1 Å². The molecule has 1 aromatic rings. The van der Waals surface area contributed by atoms with Crippen LogP contribution >= 0.6 is 11.8 Å². The van der Waals surface area contributed by atoms with E-state index in [2.05, 4.69) is 19.2 Å². The van der Waals surface area contributed by atoms with Crippen molar-refractivity contribution >= 4 is 29.5 Å². The predicted octanol–water partition coefficient (Wildman–Crippen LogP) is 5.22. The van der Waals surface area contributed by atoms with E-state index in [0.29, 0.717) is 12.2 Å². The Morgan fingerprint density at radius 2 is 1.64 bits per heavy atom. The fourth-order valence-electron chi connectivity index (χ4n) is 4.29. The van der Waals surface area contributed by atoms with Gasteiger partial charge in [0, 0.05) is 18.0 Å². The highest BCUT2D eigenvalue weighted by Gasteiger charge is 2.41. The van der Waals surface area contributed by atoms with E-state index >= 15 is 0 Å². The van der Waals surface area contributed by atoms with E-state index in [1.807, 2.05) is 71.2 Å². The Bertz CT molecular complexity index is 919. The highest BCUT2D eigenvalue weighted by molar-refractivity contribution is 8.00. The van der Waals surface area contributed by atoms with Gasteiger partial charge in [0.1, 0.15) is 6.04 Å². The second-order valence-electron chi connectivity index (χ2n) is 11.3. The Kier molecular flexibility index (Phi) is 11.7. The van der Waals surface area contributed by atoms with Crippen LogP contribution in [0, 0.1) is 11.3 Å². The van der Waals surface area contributed by atoms with Crippen molar-refractivity contribution in [2.24, 2.45) is 11.3 Å². The third-order valence-corrected chi connectivity index (χ3v) is 7.82. The van der Waals surface area contributed by atoms with E-state index in [0.717, 1.165) is 5.56 Å². The lowest BCUT2D eigenvalue weighted by Gasteiger charge is -2.39. The third kappa shape index (κ3) is 8.12. The molecule has 3 atom stereocenters. The predicted molar refractivity (Wildman–Crippen MR) is 150 cm³/mol. The normalized spacial score (nSPS) is 15.2. The summed E-state index contributed by atoms with van der Waals surface area (Å²) in [7, 11) is 1.73. The van der Waals surface area contributed by atoms with Gasteiger partial charge in [-0.3, -0.25) is 9.59 Å². The molecule has 1 N–H and O–H groups in total. The lowest BCUT2D eigenvalue weighted by atomic mass is 9.80. The number of likely N-dealkylation sites (N-methyl/N-ethyl adjacent to an activating group) is 1. The molecule has 0 bridgehead atoms. The molecule has 0 saturated carbocycles. The standard InChI is InChI=1S/C29H46N2O4S/c1-12-35-27(34)20(4)18-22(19(2)3)31(10)26(33)23(28(5,6)7)30-25(32)24(36-11)29(8,9)21-16-14-13-15-17-21/h13-19,22-24H,12H2,1-11H3,(H,30,32)/b20-18+/t22-,23-,24-/m1/s1. The van der Waals surface area contributed by atoms with Crippen LogP contribution in [-0.2, 0) is 24.5 Å². The molecule has 0 aliphatic heterocycles. The number of rotatable bonds is 11. The highest BCUT2D eigenvalue weighted by atomic mass is 32.2. The molecular formula is C29H46N2O4S. The minimum atomic E-state index is -0.742. The number of ether oxygens (including phenoxy) is 1. The van der Waals surface area contributed by atoms with Gasteiger partial charge in [-0.25, -0.2) is 4.79 Å². The summed E-state index contributed by atoms with van der Waals surface area (Å²) in [6, 6.07) is 8.89. The van der Waals surface area contributed by atoms with Gasteiger partial charge in [-0.15, -0.1) is 0 Å². The van der Waals surface area contributed by atoms with Crippen molar-refractivity contribution in [1.82, 2.24) is 10.2 Å². The van der Waals surface area contributed by atoms with Crippen LogP contribution in [0.5, 0.6) is 0 Å². The number of thioether (sulfide) groups is 1. The first-order valence-corrected chi connectivity index (χ1v) is 13.9. The SMILES string of the molecule is CCOC(=O)/C(C)=C/[C@H](C(C)C)N(C)C(=O)[C@@H](NC(=O)[C@@H](SC)C(C)(C)c1ccccc1)C(C)(C)C. The molecular weight excluding hydrogens is 472 g/mol. The molecule has 0 heterocycles. The van der Waals surface area contributed by atoms with Crippen molar-refractivity contribution < 1.29 is 19.1 Å². The van der Waals surface area contributed by atoms with Gasteiger partial charge in [0.2, 0.25) is 11.8 Å². The van der Waals surface area contributed by atoms with E-state index in [1.165, 1.54) is 11.8 Å². The molecule has 0 radical (unpaired) electrons. The Morgan fingerprint density at radius 3 is 2.08 bits per heavy atom. The molecule has 0 fully saturated rings. The van der Waals surface area contributed by atoms with E-state index in [-0.39, 0.29) is 23.8 Å². The maximum absolute atomic E-state index is 13.8. The topological polar surface area (TPSA) is 75.7 Å². The lowest BCUT2D eigenvalue weighted by Crippen LogP contribution is -2.59. The summed E-state index contributed by atoms with van der Waals surface area (Å²) in [6.45, 7) is 17.7. The van der Waals surface area contributed by atoms with E-state index in [9.17, 15) is 14.4 Å². The Morgan fingerprint density at radius 1 is 1.08 bits per heavy atom. The van der Waals surface area contributed by atoms with Gasteiger partial charge in [-0.2, -0.15) is 11.8 Å². The summed E-state index contributed by atoms with van der Waals surface area (Å²) in [5.74, 6) is -0.705. The van der Waals surface area contributed by atoms with E-state index in [4.69, 9.17) is 4.74 Å². The van der Waals surface area contributed by atoms with Crippen LogP contribution in [0.1, 0.15) is 67.9 Å². The number of benzene rings is 1. The van der Waals surface area contributed by atoms with Crippen molar-refractivity contribution in [3.05, 3.63) is 47.5 Å². The minimum Gasteiger partial charge on any atom is -0.463 e. The molecule has 7 heteroatoms. The van der Waals surface area contributed by atoms with Crippen molar-refractivity contribution in [2.75, 3.05) is 19.9 Å². The largest absolute Gasteiger partial charge is 0.463 e. The van der Waals surface area contributed by atoms with Gasteiger partial charge in [0.05, 0.1) is 17.9 Å². The number of amides is 2. The Labute approximate surface area is 222 Å². The quantitative estimate of drug-likeness (QED) is 0.321. The molecule has 0 spiro atoms. The number of carbonyl (C=O) groups excluding carboxylic acids is 3. The van der Waals surface area contributed by atoms with Crippen LogP contribution in [0.2, 0.25) is 0 Å². The Hall–Kier alpha value is -2.28. The van der Waals surface area contributed by atoms with Gasteiger partial charge in [0.25, 0.3) is 0 Å². The molecule has 0 aliphatic rings. The summed E-state index contributed by atoms with van der Waals surface area (Å²) >= 11 is 1.48. The zero-order chi connectivity index (χ0) is 27.8. The van der Waals surface area contributed by atoms with E-state index < -0.39 is 28.1 Å². The van der Waals surface area contributed by atoms with Crippen LogP contribution in [0.3, 0.4) is 0 Å². The van der Waals surface area contributed by atoms with Crippen molar-refractivity contribution in [1.29, 1.82) is 0 Å². The number of hydrogen-bond donors (Lipinski definition) is 1. The van der Waals surface area contributed by atoms with Crippen LogP contribution in [-0.4, -0.2) is 59.9 Å². The average Bonchev–Trinajstić information content (AvgIpc) is 2.80. The van der Waals surface area contributed by atoms with Crippen LogP contribution in [0.4, 0.5) is 0 Å². The number of esters is 1. The van der Waals surface area contributed by atoms with Crippen LogP contribution in [0.15, 0.2) is 42.0 Å². The molecule has 36 heavy (non-hydrogen) atoms. The first-order valence-electron chi connectivity index (χ1n) is 12.6. The molecule has 0 unspecified atom stereocenters. The van der Waals surface area contributed by atoms with Gasteiger partial charge < -0.3 is 15.0 Å². The van der Waals surface area contributed by atoms with Gasteiger partial charge in [-0.1, -0.05) is 84.9 Å². The first kappa shape index (κ1) is 31.7. The molecule has 1 rings (SSSR count). The molecule has 0 aromatic heterocycles. The van der Waals surface area contributed by atoms with Gasteiger partial charge >= 0.3 is 5.97 Å². The number of carbonyl (C=O) groups is 3. The number of nitrogens with zero attached hydrogens (tertiary/aromatic N) is 1. The summed E-state index contributed by atoms with van der Waals surface area (Å²) in [6.07, 6.45) is 3.71. The fourth-order valence-corrected chi connectivity index (χ4v) is 5.29.